The summed E-state index contributed by atoms with van der Waals surface area (Å²) in [5.74, 6) is 0.562. The van der Waals surface area contributed by atoms with Gasteiger partial charge in [-0.25, -0.2) is 0 Å². The van der Waals surface area contributed by atoms with Gasteiger partial charge in [0.05, 0.1) is 24.0 Å². The van der Waals surface area contributed by atoms with Crippen LogP contribution in [0.4, 0.5) is 0 Å². The average Bonchev–Trinajstić information content (AvgIpc) is 2.47. The lowest BCUT2D eigenvalue weighted by molar-refractivity contribution is -0.143. The molecule has 0 spiro atoms. The minimum Gasteiger partial charge on any atom is -0.373 e. The molecular weight excluding hydrogens is 262 g/mol. The van der Waals surface area contributed by atoms with E-state index in [1.807, 2.05) is 49.1 Å². The SMILES string of the molecule is CC(C)(C(=O)N1CCOC(CCl)C1)c1ccccc1. The van der Waals surface area contributed by atoms with E-state index < -0.39 is 5.41 Å². The molecule has 19 heavy (non-hydrogen) atoms. The van der Waals surface area contributed by atoms with Crippen LogP contribution in [0.2, 0.25) is 0 Å². The standard InChI is InChI=1S/C15H20ClNO2/c1-15(2,12-6-4-3-5-7-12)14(18)17-8-9-19-13(10-16)11-17/h3-7,13H,8-11H2,1-2H3. The molecule has 1 amide bonds. The molecule has 2 rings (SSSR count). The zero-order valence-corrected chi connectivity index (χ0v) is 12.2. The largest absolute Gasteiger partial charge is 0.373 e. The normalized spacial score (nSPS) is 20.4. The Morgan fingerprint density at radius 2 is 2.11 bits per heavy atom. The van der Waals surface area contributed by atoms with Gasteiger partial charge in [-0.2, -0.15) is 0 Å². The zero-order valence-electron chi connectivity index (χ0n) is 11.4. The Morgan fingerprint density at radius 3 is 2.74 bits per heavy atom. The Labute approximate surface area is 119 Å². The number of alkyl halides is 1. The number of rotatable bonds is 3. The van der Waals surface area contributed by atoms with Crippen LogP contribution < -0.4 is 0 Å². The Kier molecular flexibility index (Phi) is 4.48. The maximum Gasteiger partial charge on any atom is 0.232 e. The minimum atomic E-state index is -0.518. The van der Waals surface area contributed by atoms with Crippen LogP contribution in [0.5, 0.6) is 0 Å². The van der Waals surface area contributed by atoms with Crippen molar-refractivity contribution in [3.8, 4) is 0 Å². The zero-order chi connectivity index (χ0) is 13.9. The first-order chi connectivity index (χ1) is 9.05. The Morgan fingerprint density at radius 1 is 1.42 bits per heavy atom. The van der Waals surface area contributed by atoms with Gasteiger partial charge < -0.3 is 9.64 Å². The maximum absolute atomic E-state index is 12.7. The molecule has 1 aliphatic heterocycles. The highest BCUT2D eigenvalue weighted by molar-refractivity contribution is 6.18. The fraction of sp³-hybridized carbons (Fsp3) is 0.533. The van der Waals surface area contributed by atoms with Crippen molar-refractivity contribution in [1.82, 2.24) is 4.90 Å². The van der Waals surface area contributed by atoms with Crippen LogP contribution in [-0.2, 0) is 14.9 Å². The number of morpholine rings is 1. The highest BCUT2D eigenvalue weighted by Gasteiger charge is 2.35. The highest BCUT2D eigenvalue weighted by Crippen LogP contribution is 2.26. The van der Waals surface area contributed by atoms with Gasteiger partial charge in [0.1, 0.15) is 0 Å². The lowest BCUT2D eigenvalue weighted by Crippen LogP contribution is -2.51. The van der Waals surface area contributed by atoms with Gasteiger partial charge >= 0.3 is 0 Å². The predicted molar refractivity (Wildman–Crippen MR) is 76.5 cm³/mol. The number of hydrogen-bond acceptors (Lipinski definition) is 2. The van der Waals surface area contributed by atoms with Gasteiger partial charge in [0.2, 0.25) is 5.91 Å². The van der Waals surface area contributed by atoms with E-state index in [0.29, 0.717) is 25.6 Å². The number of halogens is 1. The number of carbonyl (C=O) groups is 1. The van der Waals surface area contributed by atoms with Crippen LogP contribution in [0.3, 0.4) is 0 Å². The first-order valence-corrected chi connectivity index (χ1v) is 7.11. The third kappa shape index (κ3) is 3.10. The fourth-order valence-corrected chi connectivity index (χ4v) is 2.56. The second kappa shape index (κ2) is 5.93. The third-order valence-electron chi connectivity index (χ3n) is 3.63. The number of carbonyl (C=O) groups excluding carboxylic acids is 1. The Bertz CT molecular complexity index is 433. The van der Waals surface area contributed by atoms with Gasteiger partial charge in [-0.15, -0.1) is 11.6 Å². The molecule has 0 radical (unpaired) electrons. The number of hydrogen-bond donors (Lipinski definition) is 0. The van der Waals surface area contributed by atoms with Crippen molar-refractivity contribution in [2.24, 2.45) is 0 Å². The summed E-state index contributed by atoms with van der Waals surface area (Å²) in [6.45, 7) is 5.72. The summed E-state index contributed by atoms with van der Waals surface area (Å²) in [5.41, 5.74) is 0.518. The van der Waals surface area contributed by atoms with Crippen LogP contribution >= 0.6 is 11.6 Å². The number of benzene rings is 1. The van der Waals surface area contributed by atoms with Crippen molar-refractivity contribution >= 4 is 17.5 Å². The topological polar surface area (TPSA) is 29.5 Å². The monoisotopic (exact) mass is 281 g/mol. The molecule has 3 nitrogen and oxygen atoms in total. The van der Waals surface area contributed by atoms with Crippen LogP contribution in [0, 0.1) is 0 Å². The molecule has 0 bridgehead atoms. The van der Waals surface area contributed by atoms with Crippen molar-refractivity contribution in [2.75, 3.05) is 25.6 Å². The minimum absolute atomic E-state index is 0.0501. The smallest absolute Gasteiger partial charge is 0.232 e. The van der Waals surface area contributed by atoms with E-state index in [1.165, 1.54) is 0 Å². The summed E-state index contributed by atoms with van der Waals surface area (Å²) in [5, 5.41) is 0. The van der Waals surface area contributed by atoms with Crippen molar-refractivity contribution in [2.45, 2.75) is 25.4 Å². The van der Waals surface area contributed by atoms with E-state index in [9.17, 15) is 4.79 Å². The predicted octanol–water partition coefficient (Wildman–Crippen LogP) is 2.43. The quantitative estimate of drug-likeness (QED) is 0.797. The van der Waals surface area contributed by atoms with Crippen molar-refractivity contribution in [3.63, 3.8) is 0 Å². The summed E-state index contributed by atoms with van der Waals surface area (Å²) in [6, 6.07) is 9.88. The van der Waals surface area contributed by atoms with E-state index in [2.05, 4.69) is 0 Å². The average molecular weight is 282 g/mol. The number of amides is 1. The lowest BCUT2D eigenvalue weighted by Gasteiger charge is -2.37. The molecule has 1 heterocycles. The van der Waals surface area contributed by atoms with Crippen molar-refractivity contribution < 1.29 is 9.53 Å². The van der Waals surface area contributed by atoms with Crippen LogP contribution in [0.25, 0.3) is 0 Å². The maximum atomic E-state index is 12.7. The third-order valence-corrected chi connectivity index (χ3v) is 3.97. The molecule has 0 aromatic heterocycles. The molecule has 0 N–H and O–H groups in total. The molecular formula is C15H20ClNO2. The summed E-state index contributed by atoms with van der Waals surface area (Å²) in [4.78, 5) is 14.6. The molecule has 0 saturated carbocycles. The van der Waals surface area contributed by atoms with Gasteiger partial charge in [0, 0.05) is 13.1 Å². The van der Waals surface area contributed by atoms with Crippen LogP contribution in [0.1, 0.15) is 19.4 Å². The molecule has 1 unspecified atom stereocenters. The second-order valence-corrected chi connectivity index (χ2v) is 5.70. The number of nitrogens with zero attached hydrogens (tertiary/aromatic N) is 1. The molecule has 0 aliphatic carbocycles. The number of ether oxygens (including phenoxy) is 1. The molecule has 1 aliphatic rings. The molecule has 1 saturated heterocycles. The first-order valence-electron chi connectivity index (χ1n) is 6.58. The summed E-state index contributed by atoms with van der Waals surface area (Å²) in [6.07, 6.45) is -0.0501. The van der Waals surface area contributed by atoms with Gasteiger partial charge in [0.15, 0.2) is 0 Å². The van der Waals surface area contributed by atoms with Crippen molar-refractivity contribution in [1.29, 1.82) is 0 Å². The van der Waals surface area contributed by atoms with E-state index in [0.717, 1.165) is 5.56 Å². The molecule has 4 heteroatoms. The van der Waals surface area contributed by atoms with Gasteiger partial charge in [-0.05, 0) is 19.4 Å². The van der Waals surface area contributed by atoms with Gasteiger partial charge in [-0.3, -0.25) is 4.79 Å². The van der Waals surface area contributed by atoms with Gasteiger partial charge in [-0.1, -0.05) is 30.3 Å². The highest BCUT2D eigenvalue weighted by atomic mass is 35.5. The molecule has 1 aromatic rings. The van der Waals surface area contributed by atoms with E-state index in [1.54, 1.807) is 0 Å². The summed E-state index contributed by atoms with van der Waals surface area (Å²) >= 11 is 5.82. The van der Waals surface area contributed by atoms with Crippen LogP contribution in [-0.4, -0.2) is 42.5 Å². The molecule has 1 aromatic carbocycles. The molecule has 1 fully saturated rings. The summed E-state index contributed by atoms with van der Waals surface area (Å²) in [7, 11) is 0. The Hall–Kier alpha value is -1.06. The van der Waals surface area contributed by atoms with Gasteiger partial charge in [0.25, 0.3) is 0 Å². The van der Waals surface area contributed by atoms with E-state index >= 15 is 0 Å². The fourth-order valence-electron chi connectivity index (χ4n) is 2.37. The summed E-state index contributed by atoms with van der Waals surface area (Å²) < 4.78 is 5.50. The van der Waals surface area contributed by atoms with E-state index in [-0.39, 0.29) is 12.0 Å². The molecule has 104 valence electrons. The molecule has 1 atom stereocenters. The second-order valence-electron chi connectivity index (χ2n) is 5.39. The Balaban J connectivity index is 2.14. The lowest BCUT2D eigenvalue weighted by atomic mass is 9.83. The van der Waals surface area contributed by atoms with Crippen LogP contribution in [0.15, 0.2) is 30.3 Å². The van der Waals surface area contributed by atoms with Crippen molar-refractivity contribution in [3.05, 3.63) is 35.9 Å². The van der Waals surface area contributed by atoms with E-state index in [4.69, 9.17) is 16.3 Å². The first kappa shape index (κ1) is 14.4.